The molecule has 0 radical (unpaired) electrons. The highest BCUT2D eigenvalue weighted by molar-refractivity contribution is 7.95. The van der Waals surface area contributed by atoms with Gasteiger partial charge in [-0.2, -0.15) is 13.8 Å². The molecule has 0 bridgehead atoms. The second kappa shape index (κ2) is 11.8. The van der Waals surface area contributed by atoms with Crippen LogP contribution < -0.4 is 20.7 Å². The molecule has 4 aromatic carbocycles. The second-order valence-corrected chi connectivity index (χ2v) is 11.7. The number of fused-ring (bicyclic) bond motifs is 2. The van der Waals surface area contributed by atoms with Crippen LogP contribution in [0.1, 0.15) is 0 Å². The SMILES string of the molecule is O=S(=O)([O-])c1cc(SOO[O-])c2cc(N=Nc3c(S(=O)(=O)[O-])cc4cc(SOO[O-])cc([O-])c4c3[O-])ccc2c1. The Morgan fingerprint density at radius 2 is 1.45 bits per heavy atom. The molecule has 20 heteroatoms. The van der Waals surface area contributed by atoms with Crippen molar-refractivity contribution in [3.8, 4) is 11.5 Å². The molecule has 0 N–H and O–H groups in total. The molecule has 16 nitrogen and oxygen atoms in total. The topological polar surface area (TPSA) is 268 Å². The van der Waals surface area contributed by atoms with Crippen molar-refractivity contribution >= 4 is 77.2 Å². The minimum Gasteiger partial charge on any atom is -0.872 e. The molecule has 40 heavy (non-hydrogen) atoms. The normalized spacial score (nSPS) is 12.6. The first-order valence-electron chi connectivity index (χ1n) is 10.00. The van der Waals surface area contributed by atoms with Crippen LogP contribution in [0.2, 0.25) is 0 Å². The van der Waals surface area contributed by atoms with E-state index in [0.29, 0.717) is 12.0 Å². The van der Waals surface area contributed by atoms with Crippen LogP contribution in [0.25, 0.3) is 21.5 Å². The van der Waals surface area contributed by atoms with Gasteiger partial charge in [-0.05, 0) is 57.9 Å². The van der Waals surface area contributed by atoms with Gasteiger partial charge in [-0.3, -0.25) is 10.1 Å². The van der Waals surface area contributed by atoms with Crippen LogP contribution in [0.3, 0.4) is 0 Å². The number of hydrogen-bond acceptors (Lipinski definition) is 18. The average Bonchev–Trinajstić information content (AvgIpc) is 2.88. The Balaban J connectivity index is 1.86. The van der Waals surface area contributed by atoms with Crippen molar-refractivity contribution in [2.45, 2.75) is 19.6 Å². The standard InChI is InChI=1S/C20H14N2O14S4/c23-15-7-12(37-35-33-25)3-10-5-17(40(30,31)32)19(20(24)18(10)15)22-21-11-2-1-9-4-13(39(27,28)29)8-16(14(9)6-11)38-36-34-26/h1-8,23-26H,(H,27,28,29)(H,30,31,32)/p-6. The van der Waals surface area contributed by atoms with Gasteiger partial charge in [-0.15, -0.1) is 10.9 Å². The summed E-state index contributed by atoms with van der Waals surface area (Å²) in [6, 6.07) is 8.42. The quantitative estimate of drug-likeness (QED) is 0.0773. The van der Waals surface area contributed by atoms with E-state index in [9.17, 15) is 46.7 Å². The maximum Gasteiger partial charge on any atom is 0.126 e. The third-order valence-corrected chi connectivity index (χ3v) is 7.93. The van der Waals surface area contributed by atoms with Gasteiger partial charge in [0.05, 0.1) is 45.3 Å². The van der Waals surface area contributed by atoms with E-state index in [0.717, 1.165) is 30.3 Å². The van der Waals surface area contributed by atoms with Crippen molar-refractivity contribution in [3.63, 3.8) is 0 Å². The lowest BCUT2D eigenvalue weighted by Gasteiger charge is -2.23. The Bertz CT molecular complexity index is 1860. The van der Waals surface area contributed by atoms with Gasteiger partial charge < -0.3 is 29.8 Å². The fraction of sp³-hybridized carbons (Fsp3) is 0. The lowest BCUT2D eigenvalue weighted by Crippen LogP contribution is -2.05. The largest absolute Gasteiger partial charge is 0.872 e. The van der Waals surface area contributed by atoms with E-state index in [-0.39, 0.29) is 43.7 Å². The molecule has 0 saturated heterocycles. The van der Waals surface area contributed by atoms with E-state index >= 15 is 0 Å². The van der Waals surface area contributed by atoms with E-state index in [1.165, 1.54) is 18.2 Å². The lowest BCUT2D eigenvalue weighted by molar-refractivity contribution is -0.777. The van der Waals surface area contributed by atoms with Gasteiger partial charge >= 0.3 is 0 Å². The smallest absolute Gasteiger partial charge is 0.126 e. The zero-order valence-corrected chi connectivity index (χ0v) is 22.1. The Morgan fingerprint density at radius 1 is 0.750 bits per heavy atom. The van der Waals surface area contributed by atoms with Gasteiger partial charge in [0.2, 0.25) is 0 Å². The molecule has 0 unspecified atom stereocenters. The maximum atomic E-state index is 13.1. The molecule has 0 heterocycles. The van der Waals surface area contributed by atoms with E-state index in [1.54, 1.807) is 0 Å². The van der Waals surface area contributed by atoms with Crippen molar-refractivity contribution in [2.24, 2.45) is 10.2 Å². The van der Waals surface area contributed by atoms with Crippen LogP contribution in [0.5, 0.6) is 11.5 Å². The van der Waals surface area contributed by atoms with Gasteiger partial charge in [-0.1, -0.05) is 17.9 Å². The number of benzene rings is 4. The zero-order chi connectivity index (χ0) is 29.2. The van der Waals surface area contributed by atoms with Gasteiger partial charge in [0.15, 0.2) is 0 Å². The second-order valence-electron chi connectivity index (χ2n) is 7.45. The molecule has 212 valence electrons. The molecule has 0 atom stereocenters. The molecule has 0 spiro atoms. The van der Waals surface area contributed by atoms with Crippen molar-refractivity contribution in [3.05, 3.63) is 48.5 Å². The molecular weight excluding hydrogens is 620 g/mol. The minimum absolute atomic E-state index is 0.0412. The fourth-order valence-corrected chi connectivity index (χ4v) is 5.74. The van der Waals surface area contributed by atoms with Crippen molar-refractivity contribution < 1.29 is 65.4 Å². The summed E-state index contributed by atoms with van der Waals surface area (Å²) < 4.78 is 78.6. The van der Waals surface area contributed by atoms with Crippen LogP contribution in [-0.2, 0) is 39.0 Å². The first kappa shape index (κ1) is 29.9. The average molecular weight is 629 g/mol. The third-order valence-electron chi connectivity index (χ3n) is 5.07. The zero-order valence-electron chi connectivity index (χ0n) is 18.9. The van der Waals surface area contributed by atoms with Crippen LogP contribution in [0, 0.1) is 0 Å². The first-order chi connectivity index (χ1) is 18.8. The number of hydrogen-bond donors (Lipinski definition) is 0. The van der Waals surface area contributed by atoms with Crippen LogP contribution in [0.15, 0.2) is 78.3 Å². The summed E-state index contributed by atoms with van der Waals surface area (Å²) in [7, 11) is -10.2. The molecule has 0 aromatic heterocycles. The van der Waals surface area contributed by atoms with Crippen LogP contribution in [-0.4, -0.2) is 25.9 Å². The highest BCUT2D eigenvalue weighted by atomic mass is 32.2. The molecule has 0 saturated carbocycles. The van der Waals surface area contributed by atoms with Crippen LogP contribution >= 0.6 is 24.1 Å². The van der Waals surface area contributed by atoms with Crippen molar-refractivity contribution in [1.29, 1.82) is 0 Å². The lowest BCUT2D eigenvalue weighted by atomic mass is 10.1. The predicted molar refractivity (Wildman–Crippen MR) is 123 cm³/mol. The van der Waals surface area contributed by atoms with E-state index in [4.69, 9.17) is 0 Å². The monoisotopic (exact) mass is 628 g/mol. The van der Waals surface area contributed by atoms with E-state index < -0.39 is 52.6 Å². The molecule has 0 aliphatic heterocycles. The summed E-state index contributed by atoms with van der Waals surface area (Å²) in [6.07, 6.45) is 0. The number of azo groups is 1. The van der Waals surface area contributed by atoms with Gasteiger partial charge in [0, 0.05) is 9.79 Å². The van der Waals surface area contributed by atoms with Crippen molar-refractivity contribution in [2.75, 3.05) is 0 Å². The fourth-order valence-electron chi connectivity index (χ4n) is 3.51. The van der Waals surface area contributed by atoms with E-state index in [2.05, 4.69) is 29.0 Å². The molecule has 0 fully saturated rings. The summed E-state index contributed by atoms with van der Waals surface area (Å²) in [4.78, 5) is -1.86. The van der Waals surface area contributed by atoms with Gasteiger partial charge in [0.25, 0.3) is 0 Å². The maximum absolute atomic E-state index is 13.1. The predicted octanol–water partition coefficient (Wildman–Crippen LogP) is 0.825. The number of rotatable bonds is 10. The first-order valence-corrected chi connectivity index (χ1v) is 14.3. The Labute approximate surface area is 232 Å². The highest BCUT2D eigenvalue weighted by Gasteiger charge is 2.15. The van der Waals surface area contributed by atoms with Crippen LogP contribution in [0.4, 0.5) is 11.4 Å². The Hall–Kier alpha value is -3.12. The molecule has 4 aromatic rings. The molecule has 0 amide bonds. The number of nitrogens with zero attached hydrogens (tertiary/aromatic N) is 2. The molecule has 0 aliphatic carbocycles. The van der Waals surface area contributed by atoms with E-state index in [1.807, 2.05) is 0 Å². The summed E-state index contributed by atoms with van der Waals surface area (Å²) in [5, 5.41) is 59.2. The summed E-state index contributed by atoms with van der Waals surface area (Å²) >= 11 is 0.566. The Kier molecular flexibility index (Phi) is 8.79. The summed E-state index contributed by atoms with van der Waals surface area (Å²) in [5.41, 5.74) is -1.04. The molecule has 0 aliphatic rings. The Morgan fingerprint density at radius 3 is 2.10 bits per heavy atom. The third kappa shape index (κ3) is 6.43. The van der Waals surface area contributed by atoms with Gasteiger partial charge in [-0.25, -0.2) is 16.8 Å². The highest BCUT2D eigenvalue weighted by Crippen LogP contribution is 2.44. The summed E-state index contributed by atoms with van der Waals surface area (Å²) in [5.74, 6) is -2.15. The molecular formula is C20H8N2O14S4-6. The summed E-state index contributed by atoms with van der Waals surface area (Å²) in [6.45, 7) is 0. The molecule has 4 rings (SSSR count). The van der Waals surface area contributed by atoms with Crippen molar-refractivity contribution in [1.82, 2.24) is 0 Å². The van der Waals surface area contributed by atoms with Gasteiger partial charge in [0.1, 0.15) is 20.2 Å². The minimum atomic E-state index is -5.33.